The Balaban J connectivity index is 1.90. The van der Waals surface area contributed by atoms with Gasteiger partial charge in [0.2, 0.25) is 11.8 Å². The van der Waals surface area contributed by atoms with E-state index in [-0.39, 0.29) is 17.9 Å². The number of hydrogen-bond donors (Lipinski definition) is 0. The molecule has 2 amide bonds. The fraction of sp³-hybridized carbons (Fsp3) is 0.353. The first-order valence-electron chi connectivity index (χ1n) is 7.35. The Hall–Kier alpha value is -2.43. The van der Waals surface area contributed by atoms with Gasteiger partial charge in [-0.05, 0) is 18.4 Å². The smallest absolute Gasteiger partial charge is 0.247 e. The maximum absolute atomic E-state index is 12.0. The van der Waals surface area contributed by atoms with Crippen LogP contribution < -0.4 is 0 Å². The lowest BCUT2D eigenvalue weighted by Gasteiger charge is -2.18. The average molecular weight is 300 g/mol. The SMILES string of the molecule is CN(Cc1ccccc1)C(=O)C=CC(=O)N1CCC[C@H]1C=O. The summed E-state index contributed by atoms with van der Waals surface area (Å²) in [7, 11) is 1.69. The Morgan fingerprint density at radius 1 is 1.27 bits per heavy atom. The maximum atomic E-state index is 12.0. The van der Waals surface area contributed by atoms with Crippen LogP contribution in [0, 0.1) is 0 Å². The predicted octanol–water partition coefficient (Wildman–Crippen LogP) is 1.39. The van der Waals surface area contributed by atoms with E-state index in [0.717, 1.165) is 18.3 Å². The third-order valence-electron chi connectivity index (χ3n) is 3.75. The Bertz CT molecular complexity index is 569. The fourth-order valence-electron chi connectivity index (χ4n) is 2.51. The molecule has 2 rings (SSSR count). The van der Waals surface area contributed by atoms with E-state index in [4.69, 9.17) is 0 Å². The van der Waals surface area contributed by atoms with Gasteiger partial charge in [0.15, 0.2) is 0 Å². The number of amides is 2. The van der Waals surface area contributed by atoms with Crippen molar-refractivity contribution in [2.75, 3.05) is 13.6 Å². The summed E-state index contributed by atoms with van der Waals surface area (Å²) in [6.07, 6.45) is 4.84. The summed E-state index contributed by atoms with van der Waals surface area (Å²) in [6, 6.07) is 9.28. The summed E-state index contributed by atoms with van der Waals surface area (Å²) < 4.78 is 0. The van der Waals surface area contributed by atoms with Crippen molar-refractivity contribution in [1.29, 1.82) is 0 Å². The molecule has 0 N–H and O–H groups in total. The van der Waals surface area contributed by atoms with Crippen LogP contribution in [0.25, 0.3) is 0 Å². The molecule has 0 radical (unpaired) electrons. The zero-order valence-electron chi connectivity index (χ0n) is 12.6. The summed E-state index contributed by atoms with van der Waals surface area (Å²) in [5.41, 5.74) is 1.03. The molecule has 1 atom stereocenters. The molecular formula is C17H20N2O3. The van der Waals surface area contributed by atoms with Crippen molar-refractivity contribution in [3.05, 3.63) is 48.0 Å². The van der Waals surface area contributed by atoms with Gasteiger partial charge < -0.3 is 14.6 Å². The highest BCUT2D eigenvalue weighted by atomic mass is 16.2. The molecule has 5 heteroatoms. The van der Waals surface area contributed by atoms with Crippen molar-refractivity contribution in [2.24, 2.45) is 0 Å². The van der Waals surface area contributed by atoms with Gasteiger partial charge in [0.25, 0.3) is 0 Å². The number of hydrogen-bond acceptors (Lipinski definition) is 3. The number of nitrogens with zero attached hydrogens (tertiary/aromatic N) is 2. The molecule has 1 fully saturated rings. The van der Waals surface area contributed by atoms with Crippen molar-refractivity contribution >= 4 is 18.1 Å². The van der Waals surface area contributed by atoms with E-state index in [1.165, 1.54) is 17.1 Å². The summed E-state index contributed by atoms with van der Waals surface area (Å²) >= 11 is 0. The minimum Gasteiger partial charge on any atom is -0.338 e. The molecule has 5 nitrogen and oxygen atoms in total. The number of likely N-dealkylation sites (tertiary alicyclic amines) is 1. The molecule has 0 spiro atoms. The van der Waals surface area contributed by atoms with E-state index in [1.807, 2.05) is 30.3 Å². The molecule has 1 aromatic rings. The van der Waals surface area contributed by atoms with Crippen LogP contribution in [-0.4, -0.2) is 47.5 Å². The van der Waals surface area contributed by atoms with E-state index in [2.05, 4.69) is 0 Å². The molecule has 0 aromatic heterocycles. The Morgan fingerprint density at radius 3 is 2.68 bits per heavy atom. The van der Waals surface area contributed by atoms with Crippen molar-refractivity contribution in [3.8, 4) is 0 Å². The third kappa shape index (κ3) is 4.04. The molecule has 22 heavy (non-hydrogen) atoms. The number of carbonyl (C=O) groups is 3. The Kier molecular flexibility index (Phi) is 5.47. The van der Waals surface area contributed by atoms with Crippen molar-refractivity contribution in [2.45, 2.75) is 25.4 Å². The first-order valence-corrected chi connectivity index (χ1v) is 7.35. The van der Waals surface area contributed by atoms with Crippen LogP contribution in [0.3, 0.4) is 0 Å². The number of aldehydes is 1. The topological polar surface area (TPSA) is 57.7 Å². The van der Waals surface area contributed by atoms with Gasteiger partial charge in [-0.2, -0.15) is 0 Å². The maximum Gasteiger partial charge on any atom is 0.247 e. The van der Waals surface area contributed by atoms with E-state index in [9.17, 15) is 14.4 Å². The van der Waals surface area contributed by atoms with Gasteiger partial charge in [-0.15, -0.1) is 0 Å². The predicted molar refractivity (Wildman–Crippen MR) is 82.9 cm³/mol. The molecule has 0 bridgehead atoms. The highest BCUT2D eigenvalue weighted by Crippen LogP contribution is 2.15. The molecule has 0 saturated carbocycles. The summed E-state index contributed by atoms with van der Waals surface area (Å²) in [6.45, 7) is 1.06. The lowest BCUT2D eigenvalue weighted by Crippen LogP contribution is -2.35. The van der Waals surface area contributed by atoms with Gasteiger partial charge >= 0.3 is 0 Å². The molecule has 116 valence electrons. The van der Waals surface area contributed by atoms with Gasteiger partial charge in [-0.1, -0.05) is 30.3 Å². The van der Waals surface area contributed by atoms with Gasteiger partial charge in [0, 0.05) is 32.3 Å². The third-order valence-corrected chi connectivity index (χ3v) is 3.75. The average Bonchev–Trinajstić information content (AvgIpc) is 3.01. The highest BCUT2D eigenvalue weighted by Gasteiger charge is 2.26. The fourth-order valence-corrected chi connectivity index (χ4v) is 2.51. The standard InChI is InChI=1S/C17H20N2O3/c1-18(12-14-6-3-2-4-7-14)16(21)9-10-17(22)19-11-5-8-15(19)13-20/h2-4,6-7,9-10,13,15H,5,8,11-12H2,1H3/t15-/m0/s1. The van der Waals surface area contributed by atoms with Crippen molar-refractivity contribution < 1.29 is 14.4 Å². The van der Waals surface area contributed by atoms with Gasteiger partial charge in [-0.3, -0.25) is 9.59 Å². The second-order valence-corrected chi connectivity index (χ2v) is 5.39. The highest BCUT2D eigenvalue weighted by molar-refractivity contribution is 5.97. The first-order chi connectivity index (χ1) is 10.6. The van der Waals surface area contributed by atoms with Crippen LogP contribution in [0.5, 0.6) is 0 Å². The zero-order chi connectivity index (χ0) is 15.9. The van der Waals surface area contributed by atoms with Gasteiger partial charge in [-0.25, -0.2) is 0 Å². The van der Waals surface area contributed by atoms with E-state index in [0.29, 0.717) is 19.5 Å². The number of benzene rings is 1. The number of likely N-dealkylation sites (N-methyl/N-ethyl adjacent to an activating group) is 1. The van der Waals surface area contributed by atoms with Crippen LogP contribution in [-0.2, 0) is 20.9 Å². The van der Waals surface area contributed by atoms with Gasteiger partial charge in [0.1, 0.15) is 6.29 Å². The largest absolute Gasteiger partial charge is 0.338 e. The Morgan fingerprint density at radius 2 is 2.00 bits per heavy atom. The van der Waals surface area contributed by atoms with Crippen LogP contribution in [0.2, 0.25) is 0 Å². The number of carbonyl (C=O) groups excluding carboxylic acids is 3. The molecule has 0 aliphatic carbocycles. The lowest BCUT2D eigenvalue weighted by molar-refractivity contribution is -0.130. The number of rotatable bonds is 5. The lowest BCUT2D eigenvalue weighted by atomic mass is 10.2. The van der Waals surface area contributed by atoms with Crippen LogP contribution in [0.1, 0.15) is 18.4 Å². The second-order valence-electron chi connectivity index (χ2n) is 5.39. The molecule has 1 heterocycles. The molecule has 1 aliphatic heterocycles. The van der Waals surface area contributed by atoms with E-state index >= 15 is 0 Å². The van der Waals surface area contributed by atoms with E-state index < -0.39 is 0 Å². The van der Waals surface area contributed by atoms with Gasteiger partial charge in [0.05, 0.1) is 6.04 Å². The molecular weight excluding hydrogens is 280 g/mol. The molecule has 1 aliphatic rings. The monoisotopic (exact) mass is 300 g/mol. The summed E-state index contributed by atoms with van der Waals surface area (Å²) in [5.74, 6) is -0.518. The van der Waals surface area contributed by atoms with Crippen molar-refractivity contribution in [1.82, 2.24) is 9.80 Å². The minimum atomic E-state index is -0.352. The first kappa shape index (κ1) is 15.9. The summed E-state index contributed by atoms with van der Waals surface area (Å²) in [5, 5.41) is 0. The normalized spacial score (nSPS) is 17.7. The van der Waals surface area contributed by atoms with E-state index in [1.54, 1.807) is 11.9 Å². The molecule has 0 unspecified atom stereocenters. The minimum absolute atomic E-state index is 0.237. The van der Waals surface area contributed by atoms with Crippen LogP contribution >= 0.6 is 0 Å². The summed E-state index contributed by atoms with van der Waals surface area (Å²) in [4.78, 5) is 38.0. The molecule has 1 saturated heterocycles. The second kappa shape index (κ2) is 7.54. The van der Waals surface area contributed by atoms with Crippen molar-refractivity contribution in [3.63, 3.8) is 0 Å². The van der Waals surface area contributed by atoms with Crippen LogP contribution in [0.15, 0.2) is 42.5 Å². The van der Waals surface area contributed by atoms with Crippen LogP contribution in [0.4, 0.5) is 0 Å². The zero-order valence-corrected chi connectivity index (χ0v) is 12.6. The molecule has 1 aromatic carbocycles. The quantitative estimate of drug-likeness (QED) is 0.610. The Labute approximate surface area is 130 Å².